The topological polar surface area (TPSA) is 84.3 Å². The summed E-state index contributed by atoms with van der Waals surface area (Å²) >= 11 is 1.48. The maximum Gasteiger partial charge on any atom is 0.265 e. The molecule has 0 spiro atoms. The number of likely N-dealkylation sites (tertiary alicyclic amines) is 1. The highest BCUT2D eigenvalue weighted by atomic mass is 32.1. The molecule has 7 nitrogen and oxygen atoms in total. The molecule has 0 bridgehead atoms. The van der Waals surface area contributed by atoms with Crippen molar-refractivity contribution in [2.24, 2.45) is 5.92 Å². The summed E-state index contributed by atoms with van der Waals surface area (Å²) in [5, 5.41) is 3.77. The minimum absolute atomic E-state index is 0.00245. The number of aromatic nitrogens is 2. The number of rotatable bonds is 10. The number of carbonyl (C=O) groups excluding carboxylic acids is 2. The molecule has 6 rings (SSSR count). The molecule has 0 radical (unpaired) electrons. The van der Waals surface area contributed by atoms with Gasteiger partial charge in [-0.25, -0.2) is 4.98 Å². The second-order valence-corrected chi connectivity index (χ2v) is 15.3. The smallest absolute Gasteiger partial charge is 0.265 e. The van der Waals surface area contributed by atoms with Crippen molar-refractivity contribution in [2.45, 2.75) is 105 Å². The summed E-state index contributed by atoms with van der Waals surface area (Å²) in [5.74, 6) is 0.193. The lowest BCUT2D eigenvalue weighted by atomic mass is 9.96. The maximum absolute atomic E-state index is 14.9. The van der Waals surface area contributed by atoms with Gasteiger partial charge in [0.05, 0.1) is 22.5 Å². The Labute approximate surface area is 294 Å². The molecule has 2 fully saturated rings. The minimum Gasteiger partial charge on any atom is -0.349 e. The van der Waals surface area contributed by atoms with Gasteiger partial charge in [-0.3, -0.25) is 19.0 Å². The number of nitrogens with zero attached hydrogens (tertiary/aromatic N) is 3. The summed E-state index contributed by atoms with van der Waals surface area (Å²) in [7, 11) is 0. The Morgan fingerprint density at radius 2 is 1.59 bits per heavy atom. The summed E-state index contributed by atoms with van der Waals surface area (Å²) in [4.78, 5) is 50.3. The summed E-state index contributed by atoms with van der Waals surface area (Å²) in [6, 6.07) is 16.0. The van der Waals surface area contributed by atoms with Crippen molar-refractivity contribution in [1.82, 2.24) is 19.8 Å². The first-order chi connectivity index (χ1) is 23.7. The largest absolute Gasteiger partial charge is 0.349 e. The lowest BCUT2D eigenvalue weighted by molar-refractivity contribution is 0.0722. The third kappa shape index (κ3) is 7.30. The molecule has 49 heavy (non-hydrogen) atoms. The van der Waals surface area contributed by atoms with Crippen molar-refractivity contribution in [1.29, 1.82) is 0 Å². The Kier molecular flexibility index (Phi) is 10.8. The van der Waals surface area contributed by atoms with Crippen LogP contribution in [0.15, 0.2) is 53.3 Å². The molecule has 0 atom stereocenters. The molecule has 2 aliphatic rings. The quantitative estimate of drug-likeness (QED) is 0.182. The van der Waals surface area contributed by atoms with E-state index >= 15 is 0 Å². The molecule has 1 saturated carbocycles. The third-order valence-corrected chi connectivity index (χ3v) is 11.1. The molecule has 2 aromatic carbocycles. The van der Waals surface area contributed by atoms with E-state index in [-0.39, 0.29) is 29.3 Å². The van der Waals surface area contributed by atoms with Crippen LogP contribution < -0.4 is 10.9 Å². The van der Waals surface area contributed by atoms with Gasteiger partial charge in [-0.1, -0.05) is 70.9 Å². The van der Waals surface area contributed by atoms with Crippen LogP contribution in [-0.4, -0.2) is 45.4 Å². The average molecular weight is 679 g/mol. The van der Waals surface area contributed by atoms with Crippen molar-refractivity contribution in [3.05, 3.63) is 91.7 Å². The Balaban J connectivity index is 1.49. The fourth-order valence-corrected chi connectivity index (χ4v) is 8.43. The first kappa shape index (κ1) is 34.8. The normalized spacial score (nSPS) is 15.3. The van der Waals surface area contributed by atoms with E-state index in [9.17, 15) is 14.4 Å². The molecule has 1 aliphatic heterocycles. The van der Waals surface area contributed by atoms with Crippen LogP contribution in [0.5, 0.6) is 0 Å². The fraction of sp³-hybridized carbons (Fsp3) is 0.463. The van der Waals surface area contributed by atoms with E-state index in [4.69, 9.17) is 4.98 Å². The van der Waals surface area contributed by atoms with Crippen molar-refractivity contribution >= 4 is 23.2 Å². The molecule has 258 valence electrons. The van der Waals surface area contributed by atoms with Crippen LogP contribution in [0.25, 0.3) is 27.5 Å². The van der Waals surface area contributed by atoms with Gasteiger partial charge in [-0.05, 0) is 93.5 Å². The standard InChI is InChI=1S/C41H50N4O3S/c1-6-28-14-13-15-29(7-2)37(28)45-35(24-26(3)4)33(40(47)44-22-11-8-12-23-44)25-34(41(45)48)39-43-36(27(5)49-39)30-18-20-31(21-19-30)38(46)42-32-16-9-10-17-32/h13-15,18-21,25-26,32H,6-12,16-17,22-24H2,1-5H3,(H,42,46). The molecule has 2 aromatic heterocycles. The number of piperidine rings is 1. The zero-order valence-electron chi connectivity index (χ0n) is 29.7. The molecular weight excluding hydrogens is 629 g/mol. The Morgan fingerprint density at radius 3 is 2.20 bits per heavy atom. The lowest BCUT2D eigenvalue weighted by Gasteiger charge is -2.29. The maximum atomic E-state index is 14.9. The van der Waals surface area contributed by atoms with Gasteiger partial charge in [0.1, 0.15) is 5.01 Å². The van der Waals surface area contributed by atoms with Gasteiger partial charge in [0.2, 0.25) is 0 Å². The Morgan fingerprint density at radius 1 is 0.939 bits per heavy atom. The molecule has 3 heterocycles. The van der Waals surface area contributed by atoms with E-state index in [1.54, 1.807) is 0 Å². The molecular formula is C41H50N4O3S. The van der Waals surface area contributed by atoms with Crippen LogP contribution in [0, 0.1) is 12.8 Å². The van der Waals surface area contributed by atoms with Crippen molar-refractivity contribution < 1.29 is 9.59 Å². The number of para-hydroxylation sites is 1. The van der Waals surface area contributed by atoms with Crippen LogP contribution >= 0.6 is 11.3 Å². The van der Waals surface area contributed by atoms with E-state index < -0.39 is 0 Å². The van der Waals surface area contributed by atoms with Gasteiger partial charge >= 0.3 is 0 Å². The van der Waals surface area contributed by atoms with E-state index in [2.05, 4.69) is 51.2 Å². The number of thiazole rings is 1. The van der Waals surface area contributed by atoms with E-state index in [1.807, 2.05) is 46.7 Å². The van der Waals surface area contributed by atoms with Crippen LogP contribution in [0.1, 0.15) is 115 Å². The number of nitrogens with one attached hydrogen (secondary N) is 1. The molecule has 1 N–H and O–H groups in total. The number of carbonyl (C=O) groups is 2. The van der Waals surface area contributed by atoms with Gasteiger partial charge in [0, 0.05) is 40.8 Å². The van der Waals surface area contributed by atoms with Crippen molar-refractivity contribution in [2.75, 3.05) is 13.1 Å². The number of hydrogen-bond donors (Lipinski definition) is 1. The number of hydrogen-bond acceptors (Lipinski definition) is 5. The number of pyridine rings is 1. The predicted octanol–water partition coefficient (Wildman–Crippen LogP) is 8.56. The second kappa shape index (κ2) is 15.2. The third-order valence-electron chi connectivity index (χ3n) is 10.1. The summed E-state index contributed by atoms with van der Waals surface area (Å²) in [5.41, 5.74) is 7.10. The average Bonchev–Trinajstić information content (AvgIpc) is 3.77. The van der Waals surface area contributed by atoms with Crippen LogP contribution in [-0.2, 0) is 19.3 Å². The van der Waals surface area contributed by atoms with Gasteiger partial charge in [0.15, 0.2) is 0 Å². The number of amides is 2. The van der Waals surface area contributed by atoms with Crippen molar-refractivity contribution in [3.63, 3.8) is 0 Å². The number of benzene rings is 2. The summed E-state index contributed by atoms with van der Waals surface area (Å²) in [6.07, 6.45) is 9.67. The highest BCUT2D eigenvalue weighted by molar-refractivity contribution is 7.15. The van der Waals surface area contributed by atoms with Gasteiger partial charge in [0.25, 0.3) is 17.4 Å². The van der Waals surface area contributed by atoms with Crippen LogP contribution in [0.3, 0.4) is 0 Å². The Hall–Kier alpha value is -4.04. The zero-order chi connectivity index (χ0) is 34.7. The molecule has 1 aliphatic carbocycles. The molecule has 8 heteroatoms. The second-order valence-electron chi connectivity index (χ2n) is 14.1. The first-order valence-corrected chi connectivity index (χ1v) is 19.1. The molecule has 1 saturated heterocycles. The Bertz CT molecular complexity index is 1850. The van der Waals surface area contributed by atoms with E-state index in [0.29, 0.717) is 28.1 Å². The molecule has 4 aromatic rings. The highest BCUT2D eigenvalue weighted by Crippen LogP contribution is 2.35. The summed E-state index contributed by atoms with van der Waals surface area (Å²) < 4.78 is 1.87. The van der Waals surface area contributed by atoms with Crippen LogP contribution in [0.2, 0.25) is 0 Å². The van der Waals surface area contributed by atoms with Gasteiger partial charge in [-0.15, -0.1) is 11.3 Å². The highest BCUT2D eigenvalue weighted by Gasteiger charge is 2.29. The summed E-state index contributed by atoms with van der Waals surface area (Å²) in [6.45, 7) is 12.0. The van der Waals surface area contributed by atoms with E-state index in [0.717, 1.165) is 96.7 Å². The van der Waals surface area contributed by atoms with E-state index in [1.165, 1.54) is 24.2 Å². The molecule has 0 unspecified atom stereocenters. The number of aryl methyl sites for hydroxylation is 3. The predicted molar refractivity (Wildman–Crippen MR) is 200 cm³/mol. The fourth-order valence-electron chi connectivity index (χ4n) is 7.48. The van der Waals surface area contributed by atoms with Crippen molar-refractivity contribution in [3.8, 4) is 27.5 Å². The first-order valence-electron chi connectivity index (χ1n) is 18.3. The monoisotopic (exact) mass is 678 g/mol. The minimum atomic E-state index is -0.138. The van der Waals surface area contributed by atoms with Crippen LogP contribution in [0.4, 0.5) is 0 Å². The van der Waals surface area contributed by atoms with Gasteiger partial charge < -0.3 is 10.2 Å². The zero-order valence-corrected chi connectivity index (χ0v) is 30.5. The molecule has 2 amide bonds. The lowest BCUT2D eigenvalue weighted by Crippen LogP contribution is -2.38. The SMILES string of the molecule is CCc1cccc(CC)c1-n1c(CC(C)C)c(C(=O)N2CCCCC2)cc(-c2nc(-c3ccc(C(=O)NC4CCCC4)cc3)c(C)s2)c1=O. The van der Waals surface area contributed by atoms with Gasteiger partial charge in [-0.2, -0.15) is 0 Å².